The summed E-state index contributed by atoms with van der Waals surface area (Å²) in [4.78, 5) is 10.6. The third-order valence-electron chi connectivity index (χ3n) is 1.86. The maximum atomic E-state index is 12.8. The summed E-state index contributed by atoms with van der Waals surface area (Å²) in [7, 11) is 0. The summed E-state index contributed by atoms with van der Waals surface area (Å²) >= 11 is 0. The summed E-state index contributed by atoms with van der Waals surface area (Å²) < 4.78 is 103. The van der Waals surface area contributed by atoms with Crippen molar-refractivity contribution >= 4 is 5.97 Å². The van der Waals surface area contributed by atoms with Gasteiger partial charge in [0.2, 0.25) is 6.17 Å². The second kappa shape index (κ2) is 5.74. The topological polar surface area (TPSA) is 26.3 Å². The van der Waals surface area contributed by atoms with Crippen LogP contribution in [0.15, 0.2) is 12.2 Å². The first-order valence-corrected chi connectivity index (χ1v) is 4.54. The van der Waals surface area contributed by atoms with Gasteiger partial charge in [0.15, 0.2) is 0 Å². The molecule has 0 aliphatic heterocycles. The van der Waals surface area contributed by atoms with Crippen LogP contribution in [-0.4, -0.2) is 36.8 Å². The number of alkyl halides is 8. The minimum absolute atomic E-state index is 0.604. The molecule has 0 aromatic carbocycles. The molecule has 0 bridgehead atoms. The molecule has 112 valence electrons. The summed E-state index contributed by atoms with van der Waals surface area (Å²) in [6.45, 7) is 3.74. The van der Waals surface area contributed by atoms with Gasteiger partial charge in [-0.2, -0.15) is 22.0 Å². The fraction of sp³-hybridized carbons (Fsp3) is 0.667. The standard InChI is InChI=1S/C9H8F8O2/c1-3(2)6(18)19-7(13)9(16,17)8(14,15)4(10)5(11)12/h4-5,7H,1H2,2H3. The van der Waals surface area contributed by atoms with E-state index in [2.05, 4.69) is 11.3 Å². The number of halogens is 8. The molecule has 0 radical (unpaired) electrons. The highest BCUT2D eigenvalue weighted by Gasteiger charge is 2.70. The number of rotatable bonds is 6. The molecule has 0 spiro atoms. The molecule has 2 unspecified atom stereocenters. The number of carbonyl (C=O) groups excluding carboxylic acids is 1. The van der Waals surface area contributed by atoms with Gasteiger partial charge < -0.3 is 4.74 Å². The van der Waals surface area contributed by atoms with Crippen LogP contribution in [0, 0.1) is 0 Å². The summed E-state index contributed by atoms with van der Waals surface area (Å²) in [5.74, 6) is -13.8. The molecule has 0 fully saturated rings. The van der Waals surface area contributed by atoms with E-state index in [-0.39, 0.29) is 0 Å². The van der Waals surface area contributed by atoms with Crippen LogP contribution in [0.5, 0.6) is 0 Å². The van der Waals surface area contributed by atoms with Gasteiger partial charge in [-0.15, -0.1) is 0 Å². The van der Waals surface area contributed by atoms with Crippen molar-refractivity contribution in [2.45, 2.75) is 37.7 Å². The van der Waals surface area contributed by atoms with Crippen LogP contribution in [0.2, 0.25) is 0 Å². The lowest BCUT2D eigenvalue weighted by molar-refractivity contribution is -0.312. The first-order valence-electron chi connectivity index (χ1n) is 4.54. The highest BCUT2D eigenvalue weighted by atomic mass is 19.3. The molecule has 0 amide bonds. The number of hydrogen-bond donors (Lipinski definition) is 0. The van der Waals surface area contributed by atoms with E-state index in [1.54, 1.807) is 0 Å². The van der Waals surface area contributed by atoms with Gasteiger partial charge in [0.05, 0.1) is 0 Å². The molecule has 0 aliphatic rings. The van der Waals surface area contributed by atoms with Gasteiger partial charge >= 0.3 is 24.2 Å². The molecule has 19 heavy (non-hydrogen) atoms. The molecule has 2 nitrogen and oxygen atoms in total. The lowest BCUT2D eigenvalue weighted by atomic mass is 10.1. The van der Waals surface area contributed by atoms with Crippen molar-refractivity contribution in [3.05, 3.63) is 12.2 Å². The van der Waals surface area contributed by atoms with E-state index in [1.165, 1.54) is 0 Å². The first-order chi connectivity index (χ1) is 8.35. The maximum absolute atomic E-state index is 12.8. The van der Waals surface area contributed by atoms with Crippen LogP contribution in [0.25, 0.3) is 0 Å². The third-order valence-corrected chi connectivity index (χ3v) is 1.86. The number of carbonyl (C=O) groups is 1. The highest BCUT2D eigenvalue weighted by Crippen LogP contribution is 2.44. The zero-order chi connectivity index (χ0) is 15.6. The second-order valence-corrected chi connectivity index (χ2v) is 3.48. The summed E-state index contributed by atoms with van der Waals surface area (Å²) in [5, 5.41) is 0. The average Bonchev–Trinajstić information content (AvgIpc) is 2.26. The Balaban J connectivity index is 5.13. The Bertz CT molecular complexity index is 354. The lowest BCUT2D eigenvalue weighted by Gasteiger charge is -2.30. The van der Waals surface area contributed by atoms with Gasteiger partial charge in [-0.1, -0.05) is 6.58 Å². The predicted octanol–water partition coefficient (Wildman–Crippen LogP) is 3.28. The molecular formula is C9H8F8O2. The van der Waals surface area contributed by atoms with E-state index >= 15 is 0 Å². The van der Waals surface area contributed by atoms with Crippen LogP contribution in [-0.2, 0) is 9.53 Å². The molecule has 0 saturated heterocycles. The van der Waals surface area contributed by atoms with Crippen molar-refractivity contribution in [2.75, 3.05) is 0 Å². The van der Waals surface area contributed by atoms with Crippen molar-refractivity contribution < 1.29 is 44.7 Å². The molecule has 0 aromatic rings. The van der Waals surface area contributed by atoms with Crippen LogP contribution < -0.4 is 0 Å². The molecule has 0 aromatic heterocycles. The largest absolute Gasteiger partial charge is 0.421 e. The minimum atomic E-state index is -6.06. The Morgan fingerprint density at radius 2 is 1.47 bits per heavy atom. The molecule has 10 heteroatoms. The van der Waals surface area contributed by atoms with Gasteiger partial charge in [-0.3, -0.25) is 0 Å². The molecule has 0 rings (SSSR count). The number of ether oxygens (including phenoxy) is 1. The highest BCUT2D eigenvalue weighted by molar-refractivity contribution is 5.87. The average molecular weight is 300 g/mol. The fourth-order valence-corrected chi connectivity index (χ4v) is 0.762. The Hall–Kier alpha value is -1.35. The first kappa shape index (κ1) is 17.6. The van der Waals surface area contributed by atoms with Crippen LogP contribution >= 0.6 is 0 Å². The van der Waals surface area contributed by atoms with Crippen molar-refractivity contribution in [1.29, 1.82) is 0 Å². The normalized spacial score (nSPS) is 16.1. The SMILES string of the molecule is C=C(C)C(=O)OC(F)C(F)(F)C(F)(F)C(F)C(F)F. The van der Waals surface area contributed by atoms with Gasteiger partial charge in [0.25, 0.3) is 6.43 Å². The Morgan fingerprint density at radius 1 is 1.05 bits per heavy atom. The smallest absolute Gasteiger partial charge is 0.378 e. The van der Waals surface area contributed by atoms with Crippen molar-refractivity contribution in [1.82, 2.24) is 0 Å². The molecule has 0 aliphatic carbocycles. The van der Waals surface area contributed by atoms with E-state index in [1.807, 2.05) is 0 Å². The Morgan fingerprint density at radius 3 is 1.79 bits per heavy atom. The summed E-state index contributed by atoms with van der Waals surface area (Å²) in [6.07, 6.45) is -13.4. The number of hydrogen-bond acceptors (Lipinski definition) is 2. The molecular weight excluding hydrogens is 292 g/mol. The molecule has 2 atom stereocenters. The minimum Gasteiger partial charge on any atom is -0.421 e. The monoisotopic (exact) mass is 300 g/mol. The van der Waals surface area contributed by atoms with Crippen molar-refractivity contribution in [3.8, 4) is 0 Å². The Labute approximate surface area is 102 Å². The van der Waals surface area contributed by atoms with Gasteiger partial charge in [-0.05, 0) is 6.92 Å². The molecule has 0 N–H and O–H groups in total. The van der Waals surface area contributed by atoms with Crippen LogP contribution in [0.4, 0.5) is 35.1 Å². The zero-order valence-electron chi connectivity index (χ0n) is 9.28. The summed E-state index contributed by atoms with van der Waals surface area (Å²) in [5.41, 5.74) is -0.604. The number of esters is 1. The quantitative estimate of drug-likeness (QED) is 0.427. The van der Waals surface area contributed by atoms with Crippen molar-refractivity contribution in [2.24, 2.45) is 0 Å². The predicted molar refractivity (Wildman–Crippen MR) is 46.6 cm³/mol. The van der Waals surface area contributed by atoms with E-state index in [4.69, 9.17) is 0 Å². The van der Waals surface area contributed by atoms with Gasteiger partial charge in [0.1, 0.15) is 0 Å². The fourth-order valence-electron chi connectivity index (χ4n) is 0.762. The lowest BCUT2D eigenvalue weighted by Crippen LogP contribution is -2.56. The molecule has 0 heterocycles. The van der Waals surface area contributed by atoms with Gasteiger partial charge in [0, 0.05) is 5.57 Å². The second-order valence-electron chi connectivity index (χ2n) is 3.48. The van der Waals surface area contributed by atoms with E-state index < -0.39 is 42.3 Å². The van der Waals surface area contributed by atoms with E-state index in [0.717, 1.165) is 6.92 Å². The third kappa shape index (κ3) is 3.57. The van der Waals surface area contributed by atoms with E-state index in [0.29, 0.717) is 0 Å². The molecule has 0 saturated carbocycles. The maximum Gasteiger partial charge on any atom is 0.378 e. The van der Waals surface area contributed by atoms with Crippen molar-refractivity contribution in [3.63, 3.8) is 0 Å². The van der Waals surface area contributed by atoms with Crippen LogP contribution in [0.3, 0.4) is 0 Å². The summed E-state index contributed by atoms with van der Waals surface area (Å²) in [6, 6.07) is 0. The van der Waals surface area contributed by atoms with Gasteiger partial charge in [-0.25, -0.2) is 18.0 Å². The zero-order valence-corrected chi connectivity index (χ0v) is 9.28. The van der Waals surface area contributed by atoms with Crippen LogP contribution in [0.1, 0.15) is 6.92 Å². The van der Waals surface area contributed by atoms with E-state index in [9.17, 15) is 39.9 Å². The Kier molecular flexibility index (Phi) is 5.33.